The van der Waals surface area contributed by atoms with E-state index in [1.54, 1.807) is 24.3 Å². The van der Waals surface area contributed by atoms with E-state index >= 15 is 0 Å². The third-order valence-electron chi connectivity index (χ3n) is 5.78. The van der Waals surface area contributed by atoms with Crippen LogP contribution in [-0.2, 0) is 24.5 Å². The number of ether oxygens (including phenoxy) is 1. The number of rotatable bonds is 11. The molecule has 0 aromatic heterocycles. The zero-order valence-corrected chi connectivity index (χ0v) is 26.7. The molecule has 13 nitrogen and oxygen atoms in total. The summed E-state index contributed by atoms with van der Waals surface area (Å²) in [6.07, 6.45) is 7.51. The van der Waals surface area contributed by atoms with Gasteiger partial charge in [-0.25, -0.2) is 24.4 Å². The topological polar surface area (TPSA) is 238 Å². The molecule has 2 aromatic rings. The Morgan fingerprint density at radius 2 is 1.22 bits per heavy atom. The summed E-state index contributed by atoms with van der Waals surface area (Å²) in [5, 5.41) is 35.1. The van der Waals surface area contributed by atoms with Gasteiger partial charge in [0.2, 0.25) is 12.2 Å². The second-order valence-corrected chi connectivity index (χ2v) is 9.87. The summed E-state index contributed by atoms with van der Waals surface area (Å²) >= 11 is 0. The lowest BCUT2D eigenvalue weighted by Crippen LogP contribution is -2.18. The van der Waals surface area contributed by atoms with E-state index in [0.717, 1.165) is 43.4 Å². The highest BCUT2D eigenvalue weighted by atomic mass is 16.6. The second kappa shape index (κ2) is 29.7. The number of amides is 2. The van der Waals surface area contributed by atoms with E-state index in [9.17, 15) is 19.8 Å². The third kappa shape index (κ3) is 29.5. The average Bonchev–Trinajstić information content (AvgIpc) is 3.82. The van der Waals surface area contributed by atoms with Crippen molar-refractivity contribution in [1.82, 2.24) is 0 Å². The van der Waals surface area contributed by atoms with Gasteiger partial charge in [-0.15, -0.1) is 0 Å². The molecular weight excluding hydrogens is 584 g/mol. The molecule has 2 atom stereocenters. The van der Waals surface area contributed by atoms with Crippen LogP contribution in [0.3, 0.4) is 0 Å². The summed E-state index contributed by atoms with van der Waals surface area (Å²) < 4.78 is 4.71. The molecule has 2 amide bonds. The Morgan fingerprint density at radius 1 is 0.911 bits per heavy atom. The number of urea groups is 1. The van der Waals surface area contributed by atoms with E-state index in [4.69, 9.17) is 24.5 Å². The largest absolute Gasteiger partial charge is 0.508 e. The fraction of sp³-hybridized carbons (Fsp3) is 0.500. The predicted octanol–water partition coefficient (Wildman–Crippen LogP) is 3.64. The Labute approximate surface area is 265 Å². The van der Waals surface area contributed by atoms with Crippen LogP contribution >= 0.6 is 0 Å². The number of primary amides is 2. The lowest BCUT2D eigenvalue weighted by Gasteiger charge is -2.26. The molecule has 0 spiro atoms. The van der Waals surface area contributed by atoms with Gasteiger partial charge < -0.3 is 41.4 Å². The monoisotopic (exact) mass is 634 g/mol. The van der Waals surface area contributed by atoms with E-state index in [-0.39, 0.29) is 23.5 Å². The molecule has 2 unspecified atom stereocenters. The standard InChI is InChI=1S/C15H16O2.C8H12N2O2.C4H10O2.C3H6O.CH4N2O.CH2O/c1-15(2,11-3-7-13(16)8-4-11)12-5-9-14(17)10-6-12;11-7-9-5-3-1-2-4-6-10-8-12;1-2-4(6)3-5;1-3-2-4-3;2-1(3)4;1-2/h3-10,16-17H,1-2H3;1-6H2;4-6H,2-3H2,1H3;3H,2H2,1H3;(H4,2,3,4);1H2. The first-order valence-corrected chi connectivity index (χ1v) is 14.3. The SMILES string of the molecule is C=O.CC(C)(c1ccc(O)cc1)c1ccc(O)cc1.CC1CO1.CCC(O)CO.NC(N)=O.O=C=NCCCCCCN=C=O. The van der Waals surface area contributed by atoms with Crippen molar-refractivity contribution in [2.75, 3.05) is 26.3 Å². The number of isocyanates is 2. The van der Waals surface area contributed by atoms with Gasteiger partial charge in [0.05, 0.1) is 38.5 Å². The van der Waals surface area contributed by atoms with Crippen LogP contribution < -0.4 is 11.5 Å². The van der Waals surface area contributed by atoms with Gasteiger partial charge in [0.15, 0.2) is 0 Å². The maximum Gasteiger partial charge on any atom is 0.309 e. The molecule has 1 saturated heterocycles. The molecule has 0 aliphatic carbocycles. The van der Waals surface area contributed by atoms with Crippen LogP contribution in [0.2, 0.25) is 0 Å². The molecule has 2 aromatic carbocycles. The van der Waals surface area contributed by atoms with Gasteiger partial charge in [-0.2, -0.15) is 0 Å². The third-order valence-corrected chi connectivity index (χ3v) is 5.78. The minimum absolute atomic E-state index is 0.115. The molecule has 1 heterocycles. The van der Waals surface area contributed by atoms with E-state index in [0.29, 0.717) is 25.6 Å². The number of aliphatic hydroxyl groups is 2. The highest BCUT2D eigenvalue weighted by molar-refractivity contribution is 5.69. The first-order chi connectivity index (χ1) is 21.3. The number of aliphatic hydroxyl groups excluding tert-OH is 2. The molecule has 13 heteroatoms. The van der Waals surface area contributed by atoms with Crippen molar-refractivity contribution in [1.29, 1.82) is 0 Å². The van der Waals surface area contributed by atoms with E-state index in [2.05, 4.69) is 42.2 Å². The highest BCUT2D eigenvalue weighted by Gasteiger charge is 2.22. The van der Waals surface area contributed by atoms with Gasteiger partial charge in [-0.1, -0.05) is 57.9 Å². The molecule has 0 radical (unpaired) electrons. The number of carbonyl (C=O) groups is 2. The van der Waals surface area contributed by atoms with E-state index in [1.807, 2.05) is 38.0 Å². The molecule has 1 aliphatic rings. The van der Waals surface area contributed by atoms with E-state index < -0.39 is 12.1 Å². The summed E-state index contributed by atoms with van der Waals surface area (Å²) in [5.41, 5.74) is 10.6. The van der Waals surface area contributed by atoms with Crippen molar-refractivity contribution < 1.29 is 44.3 Å². The number of carbonyl (C=O) groups excluding carboxylic acids is 4. The van der Waals surface area contributed by atoms with Gasteiger partial charge >= 0.3 is 6.03 Å². The zero-order chi connectivity index (χ0) is 35.1. The fourth-order valence-electron chi connectivity index (χ4n) is 2.97. The van der Waals surface area contributed by atoms with Crippen molar-refractivity contribution in [2.24, 2.45) is 21.5 Å². The van der Waals surface area contributed by atoms with Crippen LogP contribution in [0.1, 0.15) is 70.9 Å². The minimum atomic E-state index is -0.833. The zero-order valence-electron chi connectivity index (χ0n) is 26.7. The molecular formula is C32H50N4O9. The normalized spacial score (nSPS) is 12.6. The van der Waals surface area contributed by atoms with Gasteiger partial charge in [0.1, 0.15) is 18.3 Å². The van der Waals surface area contributed by atoms with Crippen molar-refractivity contribution in [3.05, 3.63) is 59.7 Å². The highest BCUT2D eigenvalue weighted by Crippen LogP contribution is 2.32. The fourth-order valence-corrected chi connectivity index (χ4v) is 2.97. The number of nitrogens with zero attached hydrogens (tertiary/aromatic N) is 2. The maximum atomic E-state index is 9.63. The van der Waals surface area contributed by atoms with Crippen LogP contribution in [0.15, 0.2) is 58.5 Å². The first kappa shape index (κ1) is 45.1. The van der Waals surface area contributed by atoms with Gasteiger partial charge in [-0.05, 0) is 61.6 Å². The summed E-state index contributed by atoms with van der Waals surface area (Å²) in [6.45, 7) is 12.1. The summed E-state index contributed by atoms with van der Waals surface area (Å²) in [6, 6.07) is 13.6. The number of unbranched alkanes of at least 4 members (excludes halogenated alkanes) is 3. The van der Waals surface area contributed by atoms with Crippen LogP contribution in [0.5, 0.6) is 11.5 Å². The number of hydrogen-bond donors (Lipinski definition) is 6. The quantitative estimate of drug-likeness (QED) is 0.0914. The van der Waals surface area contributed by atoms with Crippen molar-refractivity contribution in [3.8, 4) is 11.5 Å². The van der Waals surface area contributed by atoms with Crippen molar-refractivity contribution in [3.63, 3.8) is 0 Å². The number of phenolic OH excluding ortho intramolecular Hbond substituents is 2. The molecule has 1 aliphatic heterocycles. The Hall–Kier alpha value is -4.38. The van der Waals surface area contributed by atoms with Gasteiger partial charge in [-0.3, -0.25) is 0 Å². The van der Waals surface area contributed by atoms with Crippen molar-refractivity contribution >= 4 is 25.0 Å². The number of aromatic hydroxyl groups is 2. The second-order valence-electron chi connectivity index (χ2n) is 9.87. The lowest BCUT2D eigenvalue weighted by atomic mass is 9.78. The smallest absolute Gasteiger partial charge is 0.309 e. The first-order valence-electron chi connectivity index (χ1n) is 14.3. The Balaban J connectivity index is -0.000000545. The lowest BCUT2D eigenvalue weighted by molar-refractivity contribution is -0.0980. The molecule has 252 valence electrons. The molecule has 45 heavy (non-hydrogen) atoms. The van der Waals surface area contributed by atoms with Crippen LogP contribution in [0.4, 0.5) is 4.79 Å². The maximum absolute atomic E-state index is 9.63. The molecule has 3 rings (SSSR count). The Morgan fingerprint density at radius 3 is 1.42 bits per heavy atom. The van der Waals surface area contributed by atoms with Gasteiger partial charge in [0, 0.05) is 5.41 Å². The number of phenols is 2. The summed E-state index contributed by atoms with van der Waals surface area (Å²) in [7, 11) is 0. The van der Waals surface area contributed by atoms with Crippen LogP contribution in [0.25, 0.3) is 0 Å². The van der Waals surface area contributed by atoms with Crippen LogP contribution in [-0.4, -0.2) is 83.9 Å². The number of nitrogens with two attached hydrogens (primary N) is 2. The van der Waals surface area contributed by atoms with E-state index in [1.165, 1.54) is 12.2 Å². The van der Waals surface area contributed by atoms with Crippen LogP contribution in [0, 0.1) is 0 Å². The molecule has 0 bridgehead atoms. The Bertz CT molecular complexity index is 1020. The molecule has 0 saturated carbocycles. The summed E-state index contributed by atoms with van der Waals surface area (Å²) in [4.78, 5) is 43.1. The molecule has 1 fully saturated rings. The summed E-state index contributed by atoms with van der Waals surface area (Å²) in [5.74, 6) is 0.547. The number of hydrogen-bond acceptors (Lipinski definition) is 11. The number of aliphatic imine (C=N–C) groups is 2. The number of benzene rings is 2. The minimum Gasteiger partial charge on any atom is -0.508 e. The van der Waals surface area contributed by atoms with Gasteiger partial charge in [0.25, 0.3) is 0 Å². The Kier molecular flexibility index (Phi) is 29.7. The molecule has 8 N–H and O–H groups in total. The van der Waals surface area contributed by atoms with Crippen molar-refractivity contribution in [2.45, 2.75) is 77.4 Å². The number of epoxide rings is 1. The predicted molar refractivity (Wildman–Crippen MR) is 172 cm³/mol. The average molecular weight is 635 g/mol.